The molecule has 0 fully saturated rings. The number of hydrogen-bond donors (Lipinski definition) is 2. The molecule has 0 unspecified atom stereocenters. The third-order valence-electron chi connectivity index (χ3n) is 3.11. The molecule has 0 saturated heterocycles. The molecule has 6 nitrogen and oxygen atoms in total. The van der Waals surface area contributed by atoms with Crippen molar-refractivity contribution in [1.82, 2.24) is 10.2 Å². The minimum Gasteiger partial charge on any atom is -0.454 e. The van der Waals surface area contributed by atoms with Crippen molar-refractivity contribution >= 4 is 6.03 Å². The van der Waals surface area contributed by atoms with Crippen LogP contribution in [0.4, 0.5) is 4.79 Å². The second-order valence-electron chi connectivity index (χ2n) is 4.91. The predicted molar refractivity (Wildman–Crippen MR) is 73.7 cm³/mol. The molecule has 2 rings (SSSR count). The lowest BCUT2D eigenvalue weighted by Crippen LogP contribution is -2.38. The Bertz CT molecular complexity index is 476. The van der Waals surface area contributed by atoms with Gasteiger partial charge in [0.25, 0.3) is 0 Å². The molecule has 1 aromatic carbocycles. The topological polar surface area (TPSA) is 71.0 Å². The Balaban J connectivity index is 1.81. The van der Waals surface area contributed by atoms with Gasteiger partial charge in [-0.3, -0.25) is 0 Å². The molecule has 1 aromatic rings. The fraction of sp³-hybridized carbons (Fsp3) is 0.500. The van der Waals surface area contributed by atoms with Gasteiger partial charge in [-0.1, -0.05) is 6.07 Å². The highest BCUT2D eigenvalue weighted by atomic mass is 16.7. The van der Waals surface area contributed by atoms with Crippen LogP contribution in [0.3, 0.4) is 0 Å². The lowest BCUT2D eigenvalue weighted by Gasteiger charge is -2.18. The molecule has 0 aromatic heterocycles. The van der Waals surface area contributed by atoms with Gasteiger partial charge in [-0.15, -0.1) is 0 Å². The first-order valence-corrected chi connectivity index (χ1v) is 6.62. The minimum absolute atomic E-state index is 0.164. The zero-order chi connectivity index (χ0) is 14.5. The maximum atomic E-state index is 11.8. The van der Waals surface area contributed by atoms with E-state index in [0.29, 0.717) is 25.3 Å². The van der Waals surface area contributed by atoms with E-state index in [9.17, 15) is 9.90 Å². The summed E-state index contributed by atoms with van der Waals surface area (Å²) >= 11 is 0. The Kier molecular flexibility index (Phi) is 4.68. The number of aliphatic hydroxyl groups is 1. The fourth-order valence-electron chi connectivity index (χ4n) is 1.85. The van der Waals surface area contributed by atoms with Crippen LogP contribution in [-0.2, 0) is 6.54 Å². The van der Waals surface area contributed by atoms with Crippen LogP contribution in [0.2, 0.25) is 0 Å². The van der Waals surface area contributed by atoms with Gasteiger partial charge in [0, 0.05) is 20.1 Å². The number of carbonyl (C=O) groups is 1. The number of fused-ring (bicyclic) bond motifs is 1. The van der Waals surface area contributed by atoms with Crippen molar-refractivity contribution < 1.29 is 19.4 Å². The summed E-state index contributed by atoms with van der Waals surface area (Å²) in [5, 5.41) is 12.0. The lowest BCUT2D eigenvalue weighted by molar-refractivity contribution is 0.163. The molecule has 0 radical (unpaired) electrons. The third-order valence-corrected chi connectivity index (χ3v) is 3.11. The summed E-state index contributed by atoms with van der Waals surface area (Å²) in [6.45, 7) is 2.89. The van der Waals surface area contributed by atoms with Gasteiger partial charge >= 0.3 is 6.03 Å². The van der Waals surface area contributed by atoms with Gasteiger partial charge in [0.15, 0.2) is 11.5 Å². The second kappa shape index (κ2) is 6.47. The first kappa shape index (κ1) is 14.5. The molecule has 0 spiro atoms. The van der Waals surface area contributed by atoms with Crippen molar-refractivity contribution in [3.8, 4) is 11.5 Å². The van der Waals surface area contributed by atoms with E-state index in [1.165, 1.54) is 0 Å². The Hall–Kier alpha value is -1.95. The monoisotopic (exact) mass is 280 g/mol. The molecule has 20 heavy (non-hydrogen) atoms. The van der Waals surface area contributed by atoms with Crippen LogP contribution in [-0.4, -0.2) is 42.5 Å². The van der Waals surface area contributed by atoms with E-state index in [1.807, 2.05) is 18.2 Å². The number of ether oxygens (including phenoxy) is 2. The number of amides is 2. The van der Waals surface area contributed by atoms with Crippen molar-refractivity contribution in [3.05, 3.63) is 23.8 Å². The Morgan fingerprint density at radius 1 is 1.45 bits per heavy atom. The number of aliphatic hydroxyl groups excluding tert-OH is 1. The maximum absolute atomic E-state index is 11.8. The van der Waals surface area contributed by atoms with Crippen molar-refractivity contribution in [2.75, 3.05) is 20.4 Å². The number of nitrogens with zero attached hydrogens (tertiary/aromatic N) is 1. The van der Waals surface area contributed by atoms with Gasteiger partial charge in [0.1, 0.15) is 0 Å². The molecule has 6 heteroatoms. The first-order chi connectivity index (χ1) is 9.56. The Labute approximate surface area is 118 Å². The average Bonchev–Trinajstić information content (AvgIpc) is 2.89. The van der Waals surface area contributed by atoms with Crippen LogP contribution in [0, 0.1) is 0 Å². The van der Waals surface area contributed by atoms with Crippen LogP contribution in [0.15, 0.2) is 18.2 Å². The SMILES string of the molecule is C[C@@H](O)CCN(C)C(=O)NCc1ccc2c(c1)OCO2. The van der Waals surface area contributed by atoms with Gasteiger partial charge in [-0.05, 0) is 31.0 Å². The summed E-state index contributed by atoms with van der Waals surface area (Å²) in [4.78, 5) is 13.4. The number of benzene rings is 1. The predicted octanol–water partition coefficient (Wildman–Crippen LogP) is 1.33. The molecule has 1 heterocycles. The van der Waals surface area contributed by atoms with Gasteiger partial charge in [0.2, 0.25) is 6.79 Å². The summed E-state index contributed by atoms with van der Waals surface area (Å²) in [6, 6.07) is 5.42. The summed E-state index contributed by atoms with van der Waals surface area (Å²) in [5.41, 5.74) is 0.950. The number of carbonyl (C=O) groups excluding carboxylic acids is 1. The van der Waals surface area contributed by atoms with E-state index in [2.05, 4.69) is 5.32 Å². The Morgan fingerprint density at radius 2 is 2.20 bits per heavy atom. The van der Waals surface area contributed by atoms with E-state index < -0.39 is 6.10 Å². The molecule has 2 N–H and O–H groups in total. The molecule has 0 saturated carbocycles. The lowest BCUT2D eigenvalue weighted by atomic mass is 10.2. The highest BCUT2D eigenvalue weighted by Gasteiger charge is 2.14. The Morgan fingerprint density at radius 3 is 2.95 bits per heavy atom. The zero-order valence-electron chi connectivity index (χ0n) is 11.8. The summed E-state index contributed by atoms with van der Waals surface area (Å²) < 4.78 is 10.5. The van der Waals surface area contributed by atoms with E-state index in [4.69, 9.17) is 9.47 Å². The van der Waals surface area contributed by atoms with Gasteiger partial charge < -0.3 is 24.8 Å². The van der Waals surface area contributed by atoms with Crippen LogP contribution in [0.25, 0.3) is 0 Å². The number of rotatable bonds is 5. The normalized spacial score (nSPS) is 13.9. The van der Waals surface area contributed by atoms with Crippen molar-refractivity contribution in [2.45, 2.75) is 26.0 Å². The van der Waals surface area contributed by atoms with Crippen molar-refractivity contribution in [2.24, 2.45) is 0 Å². The van der Waals surface area contributed by atoms with Gasteiger partial charge in [-0.25, -0.2) is 4.79 Å². The quantitative estimate of drug-likeness (QED) is 0.853. The second-order valence-corrected chi connectivity index (χ2v) is 4.91. The van der Waals surface area contributed by atoms with Crippen LogP contribution >= 0.6 is 0 Å². The van der Waals surface area contributed by atoms with Gasteiger partial charge in [-0.2, -0.15) is 0 Å². The molecular formula is C14H20N2O4. The molecular weight excluding hydrogens is 260 g/mol. The first-order valence-electron chi connectivity index (χ1n) is 6.62. The van der Waals surface area contributed by atoms with Crippen LogP contribution in [0.5, 0.6) is 11.5 Å². The van der Waals surface area contributed by atoms with E-state index in [-0.39, 0.29) is 12.8 Å². The number of hydrogen-bond acceptors (Lipinski definition) is 4. The molecule has 1 aliphatic heterocycles. The number of nitrogens with one attached hydrogen (secondary N) is 1. The molecule has 0 bridgehead atoms. The summed E-state index contributed by atoms with van der Waals surface area (Å²) in [7, 11) is 1.71. The largest absolute Gasteiger partial charge is 0.454 e. The zero-order valence-corrected chi connectivity index (χ0v) is 11.8. The maximum Gasteiger partial charge on any atom is 0.317 e. The molecule has 2 amide bonds. The minimum atomic E-state index is -0.404. The third kappa shape index (κ3) is 3.77. The average molecular weight is 280 g/mol. The van der Waals surface area contributed by atoms with Crippen molar-refractivity contribution in [3.63, 3.8) is 0 Å². The highest BCUT2D eigenvalue weighted by molar-refractivity contribution is 5.73. The van der Waals surface area contributed by atoms with Crippen molar-refractivity contribution in [1.29, 1.82) is 0 Å². The molecule has 110 valence electrons. The fourth-order valence-corrected chi connectivity index (χ4v) is 1.85. The van der Waals surface area contributed by atoms with E-state index >= 15 is 0 Å². The van der Waals surface area contributed by atoms with E-state index in [1.54, 1.807) is 18.9 Å². The molecule has 0 aliphatic carbocycles. The van der Waals surface area contributed by atoms with Crippen LogP contribution in [0.1, 0.15) is 18.9 Å². The standard InChI is InChI=1S/C14H20N2O4/c1-10(17)5-6-16(2)14(18)15-8-11-3-4-12-13(7-11)20-9-19-12/h3-4,7,10,17H,5-6,8-9H2,1-2H3,(H,15,18)/t10-/m1/s1. The summed E-state index contributed by atoms with van der Waals surface area (Å²) in [6.07, 6.45) is 0.160. The highest BCUT2D eigenvalue weighted by Crippen LogP contribution is 2.32. The molecule has 1 aliphatic rings. The smallest absolute Gasteiger partial charge is 0.317 e. The van der Waals surface area contributed by atoms with Gasteiger partial charge in [0.05, 0.1) is 6.10 Å². The van der Waals surface area contributed by atoms with E-state index in [0.717, 1.165) is 11.3 Å². The molecule has 1 atom stereocenters. The number of urea groups is 1. The summed E-state index contributed by atoms with van der Waals surface area (Å²) in [5.74, 6) is 1.44. The van der Waals surface area contributed by atoms with Crippen LogP contribution < -0.4 is 14.8 Å².